The Balaban J connectivity index is 2.51. The Morgan fingerprint density at radius 2 is 2.04 bits per heavy atom. The summed E-state index contributed by atoms with van der Waals surface area (Å²) < 4.78 is 41.3. The van der Waals surface area contributed by atoms with Crippen molar-refractivity contribution < 1.29 is 13.2 Å². The third-order valence-electron chi connectivity index (χ3n) is 3.59. The molecule has 1 rings (SSSR count). The molecule has 0 aromatic heterocycles. The van der Waals surface area contributed by atoms with Crippen LogP contribution in [0.2, 0.25) is 0 Å². The van der Waals surface area contributed by atoms with Crippen LogP contribution in [0.15, 0.2) is 73.0 Å². The van der Waals surface area contributed by atoms with Gasteiger partial charge in [0.25, 0.3) is 0 Å². The number of nitrogens with one attached hydrogen (secondary N) is 1. The number of halogens is 3. The maximum absolute atomic E-state index is 13.8. The van der Waals surface area contributed by atoms with Crippen molar-refractivity contribution in [3.05, 3.63) is 73.0 Å². The van der Waals surface area contributed by atoms with Gasteiger partial charge in [0.15, 0.2) is 6.17 Å². The Morgan fingerprint density at radius 1 is 1.33 bits per heavy atom. The van der Waals surface area contributed by atoms with Crippen molar-refractivity contribution in [3.63, 3.8) is 0 Å². The molecule has 24 heavy (non-hydrogen) atoms. The minimum atomic E-state index is -1.09. The van der Waals surface area contributed by atoms with E-state index < -0.39 is 23.9 Å². The van der Waals surface area contributed by atoms with Gasteiger partial charge in [-0.2, -0.15) is 0 Å². The first-order chi connectivity index (χ1) is 11.4. The summed E-state index contributed by atoms with van der Waals surface area (Å²) >= 11 is 0. The zero-order chi connectivity index (χ0) is 18.1. The largest absolute Gasteiger partial charge is 0.380 e. The molecule has 0 radical (unpaired) electrons. The van der Waals surface area contributed by atoms with Crippen LogP contribution in [-0.2, 0) is 0 Å². The molecule has 0 saturated carbocycles. The van der Waals surface area contributed by atoms with E-state index in [0.717, 1.165) is 6.08 Å². The highest BCUT2D eigenvalue weighted by Gasteiger charge is 2.35. The van der Waals surface area contributed by atoms with Gasteiger partial charge < -0.3 is 11.1 Å². The fourth-order valence-electron chi connectivity index (χ4n) is 2.44. The Labute approximate surface area is 142 Å². The molecule has 1 aliphatic heterocycles. The second kappa shape index (κ2) is 9.98. The van der Waals surface area contributed by atoms with E-state index in [9.17, 15) is 13.2 Å². The van der Waals surface area contributed by atoms with E-state index in [0.29, 0.717) is 12.1 Å². The minimum Gasteiger partial charge on any atom is -0.380 e. The van der Waals surface area contributed by atoms with Crippen LogP contribution in [0.5, 0.6) is 0 Å². The summed E-state index contributed by atoms with van der Waals surface area (Å²) in [6.07, 6.45) is 9.16. The quantitative estimate of drug-likeness (QED) is 0.605. The Kier molecular flexibility index (Phi) is 8.33. The number of nitrogens with two attached hydrogens (primary N) is 1. The zero-order valence-corrected chi connectivity index (χ0v) is 13.9. The molecule has 0 amide bonds. The number of alkyl halides is 1. The maximum atomic E-state index is 13.8. The van der Waals surface area contributed by atoms with Crippen molar-refractivity contribution in [2.45, 2.75) is 38.0 Å². The lowest BCUT2D eigenvalue weighted by molar-refractivity contribution is 0.193. The first-order valence-electron chi connectivity index (χ1n) is 7.88. The number of rotatable bonds is 9. The van der Waals surface area contributed by atoms with E-state index in [-0.39, 0.29) is 18.4 Å². The number of hydrogen-bond donors (Lipinski definition) is 2. The lowest BCUT2D eigenvalue weighted by atomic mass is 9.90. The van der Waals surface area contributed by atoms with E-state index in [4.69, 9.17) is 5.73 Å². The van der Waals surface area contributed by atoms with Gasteiger partial charge in [0, 0.05) is 24.2 Å². The first kappa shape index (κ1) is 20.0. The predicted octanol–water partition coefficient (Wildman–Crippen LogP) is 4.56. The molecule has 1 saturated heterocycles. The van der Waals surface area contributed by atoms with E-state index in [1.165, 1.54) is 18.2 Å². The second-order valence-corrected chi connectivity index (χ2v) is 5.85. The van der Waals surface area contributed by atoms with Gasteiger partial charge in [-0.3, -0.25) is 0 Å². The third-order valence-corrected chi connectivity index (χ3v) is 3.59. The van der Waals surface area contributed by atoms with E-state index >= 15 is 0 Å². The van der Waals surface area contributed by atoms with Gasteiger partial charge in [-0.05, 0) is 24.5 Å². The molecule has 4 atom stereocenters. The molecule has 1 heterocycles. The van der Waals surface area contributed by atoms with Gasteiger partial charge in [0.05, 0.1) is 6.04 Å². The van der Waals surface area contributed by atoms with Crippen LogP contribution in [0.4, 0.5) is 13.2 Å². The molecular formula is C19H25F3N2. The van der Waals surface area contributed by atoms with Gasteiger partial charge in [0.1, 0.15) is 11.7 Å². The summed E-state index contributed by atoms with van der Waals surface area (Å²) in [7, 11) is 0. The van der Waals surface area contributed by atoms with E-state index in [1.54, 1.807) is 25.2 Å². The Hall–Kier alpha value is -2.01. The molecule has 0 spiro atoms. The van der Waals surface area contributed by atoms with Crippen molar-refractivity contribution in [1.82, 2.24) is 5.32 Å². The molecular weight excluding hydrogens is 313 g/mol. The van der Waals surface area contributed by atoms with E-state index in [2.05, 4.69) is 18.5 Å². The second-order valence-electron chi connectivity index (χ2n) is 5.85. The molecule has 1 aliphatic rings. The molecule has 0 aromatic carbocycles. The molecule has 5 heteroatoms. The van der Waals surface area contributed by atoms with Crippen LogP contribution in [0.25, 0.3) is 0 Å². The maximum Gasteiger partial charge on any atom is 0.159 e. The summed E-state index contributed by atoms with van der Waals surface area (Å²) in [5.74, 6) is -1.56. The predicted molar refractivity (Wildman–Crippen MR) is 94.2 cm³/mol. The average Bonchev–Trinajstić information content (AvgIpc) is 2.51. The molecule has 3 unspecified atom stereocenters. The molecule has 0 aliphatic carbocycles. The normalized spacial score (nSPS) is 26.0. The Bertz CT molecular complexity index is 561. The van der Waals surface area contributed by atoms with Crippen molar-refractivity contribution in [2.24, 2.45) is 11.7 Å². The molecule has 0 aromatic rings. The molecule has 132 valence electrons. The smallest absolute Gasteiger partial charge is 0.159 e. The summed E-state index contributed by atoms with van der Waals surface area (Å²) in [4.78, 5) is 0. The van der Waals surface area contributed by atoms with Crippen molar-refractivity contribution in [2.75, 3.05) is 0 Å². The standard InChI is InChI=1S/C19H25F3N2/c1-4-6-8-16(23)12-15(21)11-14(20)9-13(3)10-18-19(22)17(24-18)7-5-2/h4-9,11,13,16,18-19,24H,1-2,10,12,23H2,3H3/b8-6-,14-9+,15-11+,17-7+/t13?,16?,18-,19?/m1/s1. The van der Waals surface area contributed by atoms with Crippen molar-refractivity contribution in [3.8, 4) is 0 Å². The van der Waals surface area contributed by atoms with E-state index in [1.807, 2.05) is 0 Å². The van der Waals surface area contributed by atoms with Crippen LogP contribution in [0.1, 0.15) is 19.8 Å². The van der Waals surface area contributed by atoms with Gasteiger partial charge in [0.2, 0.25) is 0 Å². The van der Waals surface area contributed by atoms with Crippen LogP contribution < -0.4 is 11.1 Å². The molecule has 2 nitrogen and oxygen atoms in total. The molecule has 1 fully saturated rings. The highest BCUT2D eigenvalue weighted by Crippen LogP contribution is 2.27. The molecule has 3 N–H and O–H groups in total. The Morgan fingerprint density at radius 3 is 2.62 bits per heavy atom. The van der Waals surface area contributed by atoms with Crippen molar-refractivity contribution in [1.29, 1.82) is 0 Å². The summed E-state index contributed by atoms with van der Waals surface area (Å²) in [5.41, 5.74) is 6.15. The van der Waals surface area contributed by atoms with Crippen LogP contribution >= 0.6 is 0 Å². The lowest BCUT2D eigenvalue weighted by Gasteiger charge is -2.37. The summed E-state index contributed by atoms with van der Waals surface area (Å²) in [5, 5.41) is 2.96. The van der Waals surface area contributed by atoms with Crippen LogP contribution in [-0.4, -0.2) is 18.3 Å². The number of allylic oxidation sites excluding steroid dienone is 7. The monoisotopic (exact) mass is 338 g/mol. The fraction of sp³-hybridized carbons (Fsp3) is 0.368. The van der Waals surface area contributed by atoms with Crippen molar-refractivity contribution >= 4 is 0 Å². The fourth-order valence-corrected chi connectivity index (χ4v) is 2.44. The zero-order valence-electron chi connectivity index (χ0n) is 13.9. The highest BCUT2D eigenvalue weighted by molar-refractivity contribution is 5.25. The summed E-state index contributed by atoms with van der Waals surface area (Å²) in [6, 6.07) is -0.896. The lowest BCUT2D eigenvalue weighted by Crippen LogP contribution is -2.53. The van der Waals surface area contributed by atoms with Gasteiger partial charge in [-0.15, -0.1) is 0 Å². The summed E-state index contributed by atoms with van der Waals surface area (Å²) in [6.45, 7) is 8.75. The topological polar surface area (TPSA) is 38.0 Å². The van der Waals surface area contributed by atoms with Gasteiger partial charge >= 0.3 is 0 Å². The van der Waals surface area contributed by atoms with Crippen LogP contribution in [0, 0.1) is 5.92 Å². The first-order valence-corrected chi connectivity index (χ1v) is 7.88. The number of hydrogen-bond acceptors (Lipinski definition) is 2. The van der Waals surface area contributed by atoms with Gasteiger partial charge in [-0.25, -0.2) is 13.2 Å². The van der Waals surface area contributed by atoms with Crippen LogP contribution in [0.3, 0.4) is 0 Å². The third kappa shape index (κ3) is 6.62. The minimum absolute atomic E-state index is 0.0908. The molecule has 0 bridgehead atoms. The SMILES string of the molecule is C=C/C=C\C(N)C/C(F)=C\C(F)=C/C(C)C[C@H]1N/C(=C/C=C)C1F. The highest BCUT2D eigenvalue weighted by atomic mass is 19.1. The average molecular weight is 338 g/mol. The van der Waals surface area contributed by atoms with Gasteiger partial charge in [-0.1, -0.05) is 44.4 Å².